The zero-order chi connectivity index (χ0) is 27.3. The molecule has 0 bridgehead atoms. The first-order valence-electron chi connectivity index (χ1n) is 10.5. The number of rotatable bonds is 3. The quantitative estimate of drug-likeness (QED) is 0.399. The number of carbonyl (C=O) groups is 1. The maximum atomic E-state index is 12.8. The number of ether oxygens (including phenoxy) is 1. The molecule has 9 nitrogen and oxygen atoms in total. The van der Waals surface area contributed by atoms with E-state index in [9.17, 15) is 26.7 Å². The number of fused-ring (bicyclic) bond motifs is 2. The van der Waals surface area contributed by atoms with Crippen molar-refractivity contribution in [3.8, 4) is 17.6 Å². The van der Waals surface area contributed by atoms with E-state index in [0.717, 1.165) is 28.2 Å². The summed E-state index contributed by atoms with van der Waals surface area (Å²) in [6.45, 7) is 0.760. The Morgan fingerprint density at radius 3 is 2.43 bits per heavy atom. The standard InChI is InChI=1S/C21H19F2N5O2.C2HF3O2/c1-26-8-9-30-18-10-14(4-5-17(18)26)2-3-15-6-7-27-19(11-15)25-28(21(27)29)13-16(12-24)20(22)23;3-2(4,5)1(6)7/h4-7,10-11H,8-9,12-13,24H2,1H3;(H,6,7). The smallest absolute Gasteiger partial charge is 0.490 e. The molecule has 0 unspecified atom stereocenters. The minimum Gasteiger partial charge on any atom is -0.490 e. The number of halogens is 5. The third-order valence-corrected chi connectivity index (χ3v) is 5.09. The van der Waals surface area contributed by atoms with Crippen LogP contribution in [0.2, 0.25) is 0 Å². The molecule has 14 heteroatoms. The molecule has 3 N–H and O–H groups in total. The van der Waals surface area contributed by atoms with Gasteiger partial charge in [0.05, 0.1) is 18.8 Å². The van der Waals surface area contributed by atoms with Gasteiger partial charge in [0, 0.05) is 36.5 Å². The number of carboxylic acid groups (broad SMARTS) is 1. The van der Waals surface area contributed by atoms with Gasteiger partial charge in [-0.1, -0.05) is 11.8 Å². The number of likely N-dealkylation sites (N-methyl/N-ethyl adjacent to an activating group) is 1. The maximum absolute atomic E-state index is 12.8. The molecule has 1 aliphatic rings. The SMILES string of the molecule is CN1CCOc2cc(C#Cc3ccn4c(=O)n(CC(CN)=C(F)F)nc4c3)ccc21.O=C(O)C(F)(F)F. The number of nitrogens with two attached hydrogens (primary N) is 1. The summed E-state index contributed by atoms with van der Waals surface area (Å²) in [5.74, 6) is 4.15. The summed E-state index contributed by atoms with van der Waals surface area (Å²) in [6.07, 6.45) is -5.46. The van der Waals surface area contributed by atoms with Gasteiger partial charge in [0.15, 0.2) is 5.65 Å². The number of anilines is 1. The van der Waals surface area contributed by atoms with Gasteiger partial charge < -0.3 is 20.5 Å². The van der Waals surface area contributed by atoms with Crippen LogP contribution in [0.15, 0.2) is 53.0 Å². The van der Waals surface area contributed by atoms with E-state index in [0.29, 0.717) is 17.8 Å². The third kappa shape index (κ3) is 6.64. The van der Waals surface area contributed by atoms with Crippen LogP contribution in [0.25, 0.3) is 5.65 Å². The van der Waals surface area contributed by atoms with Gasteiger partial charge in [-0.05, 0) is 30.3 Å². The second-order valence-electron chi connectivity index (χ2n) is 7.66. The molecule has 1 aliphatic heterocycles. The van der Waals surface area contributed by atoms with E-state index in [1.807, 2.05) is 25.2 Å². The van der Waals surface area contributed by atoms with Crippen LogP contribution < -0.4 is 21.1 Å². The Hall–Kier alpha value is -4.38. The van der Waals surface area contributed by atoms with E-state index in [1.165, 1.54) is 10.6 Å². The van der Waals surface area contributed by atoms with Gasteiger partial charge >= 0.3 is 17.8 Å². The monoisotopic (exact) mass is 525 g/mol. The normalized spacial score (nSPS) is 12.5. The third-order valence-electron chi connectivity index (χ3n) is 5.09. The van der Waals surface area contributed by atoms with Gasteiger partial charge in [0.2, 0.25) is 0 Å². The molecule has 0 atom stereocenters. The Kier molecular flexibility index (Phi) is 8.18. The lowest BCUT2D eigenvalue weighted by Gasteiger charge is -2.27. The van der Waals surface area contributed by atoms with Crippen LogP contribution in [0, 0.1) is 11.8 Å². The lowest BCUT2D eigenvalue weighted by molar-refractivity contribution is -0.192. The fourth-order valence-electron chi connectivity index (χ4n) is 3.16. The molecule has 0 saturated heterocycles. The predicted molar refractivity (Wildman–Crippen MR) is 123 cm³/mol. The molecule has 2 aromatic heterocycles. The second-order valence-corrected chi connectivity index (χ2v) is 7.66. The summed E-state index contributed by atoms with van der Waals surface area (Å²) in [6, 6.07) is 9.08. The number of hydrogen-bond acceptors (Lipinski definition) is 6. The molecule has 1 aromatic carbocycles. The largest absolute Gasteiger partial charge is 0.490 e. The lowest BCUT2D eigenvalue weighted by Crippen LogP contribution is -2.28. The summed E-state index contributed by atoms with van der Waals surface area (Å²) >= 11 is 0. The van der Waals surface area contributed by atoms with Crippen molar-refractivity contribution in [1.29, 1.82) is 0 Å². The van der Waals surface area contributed by atoms with Crippen molar-refractivity contribution in [3.63, 3.8) is 0 Å². The second kappa shape index (κ2) is 11.1. The van der Waals surface area contributed by atoms with Gasteiger partial charge in [-0.25, -0.2) is 14.3 Å². The molecule has 37 heavy (non-hydrogen) atoms. The van der Waals surface area contributed by atoms with Crippen LogP contribution >= 0.6 is 0 Å². The van der Waals surface area contributed by atoms with E-state index in [2.05, 4.69) is 21.8 Å². The lowest BCUT2D eigenvalue weighted by atomic mass is 10.1. The summed E-state index contributed by atoms with van der Waals surface area (Å²) < 4.78 is 65.4. The Labute approximate surface area is 206 Å². The molecule has 0 radical (unpaired) electrons. The maximum Gasteiger partial charge on any atom is 0.490 e. The van der Waals surface area contributed by atoms with Gasteiger partial charge in [0.25, 0.3) is 6.08 Å². The van der Waals surface area contributed by atoms with Crippen LogP contribution in [0.1, 0.15) is 11.1 Å². The van der Waals surface area contributed by atoms with Crippen molar-refractivity contribution in [2.45, 2.75) is 12.7 Å². The van der Waals surface area contributed by atoms with Crippen LogP contribution in [0.3, 0.4) is 0 Å². The highest BCUT2D eigenvalue weighted by molar-refractivity contribution is 5.73. The zero-order valence-electron chi connectivity index (χ0n) is 19.2. The molecule has 0 saturated carbocycles. The molecular formula is C23H20F5N5O4. The highest BCUT2D eigenvalue weighted by Crippen LogP contribution is 2.31. The Balaban J connectivity index is 0.000000479. The number of nitrogens with zero attached hydrogens (tertiary/aromatic N) is 4. The van der Waals surface area contributed by atoms with Crippen molar-refractivity contribution >= 4 is 17.3 Å². The molecular weight excluding hydrogens is 505 g/mol. The van der Waals surface area contributed by atoms with Crippen LogP contribution in [0.5, 0.6) is 5.75 Å². The molecule has 4 rings (SSSR count). The van der Waals surface area contributed by atoms with Gasteiger partial charge in [-0.15, -0.1) is 5.10 Å². The zero-order valence-corrected chi connectivity index (χ0v) is 19.2. The van der Waals surface area contributed by atoms with E-state index in [-0.39, 0.29) is 18.7 Å². The number of aliphatic carboxylic acids is 1. The topological polar surface area (TPSA) is 115 Å². The number of pyridine rings is 1. The summed E-state index contributed by atoms with van der Waals surface area (Å²) in [5.41, 5.74) is 7.24. The van der Waals surface area contributed by atoms with Crippen molar-refractivity contribution < 1.29 is 36.6 Å². The summed E-state index contributed by atoms with van der Waals surface area (Å²) in [7, 11) is 2.01. The highest BCUT2D eigenvalue weighted by Gasteiger charge is 2.38. The minimum absolute atomic E-state index is 0.317. The van der Waals surface area contributed by atoms with Crippen LogP contribution in [-0.4, -0.2) is 58.2 Å². The number of benzene rings is 1. The van der Waals surface area contributed by atoms with Crippen molar-refractivity contribution in [1.82, 2.24) is 14.2 Å². The van der Waals surface area contributed by atoms with E-state index in [4.69, 9.17) is 20.4 Å². The van der Waals surface area contributed by atoms with E-state index < -0.39 is 23.9 Å². The molecule has 0 spiro atoms. The van der Waals surface area contributed by atoms with Gasteiger partial charge in [0.1, 0.15) is 12.4 Å². The van der Waals surface area contributed by atoms with Crippen LogP contribution in [0.4, 0.5) is 27.6 Å². The van der Waals surface area contributed by atoms with Crippen molar-refractivity contribution in [2.75, 3.05) is 31.6 Å². The minimum atomic E-state index is -5.08. The first kappa shape index (κ1) is 27.2. The first-order valence-corrected chi connectivity index (χ1v) is 10.5. The summed E-state index contributed by atoms with van der Waals surface area (Å²) in [4.78, 5) is 23.4. The van der Waals surface area contributed by atoms with Gasteiger partial charge in [-0.2, -0.15) is 22.0 Å². The number of carboxylic acids is 1. The number of hydrogen-bond donors (Lipinski definition) is 2. The Morgan fingerprint density at radius 1 is 1.19 bits per heavy atom. The predicted octanol–water partition coefficient (Wildman–Crippen LogP) is 2.47. The number of alkyl halides is 3. The van der Waals surface area contributed by atoms with Crippen LogP contribution in [-0.2, 0) is 11.3 Å². The molecule has 3 heterocycles. The average Bonchev–Trinajstić information content (AvgIpc) is 3.15. The Bertz CT molecular complexity index is 1460. The fourth-order valence-corrected chi connectivity index (χ4v) is 3.16. The highest BCUT2D eigenvalue weighted by atomic mass is 19.4. The molecule has 0 aliphatic carbocycles. The van der Waals surface area contributed by atoms with E-state index >= 15 is 0 Å². The molecule has 3 aromatic rings. The van der Waals surface area contributed by atoms with Gasteiger partial charge in [-0.3, -0.25) is 4.40 Å². The molecule has 0 amide bonds. The van der Waals surface area contributed by atoms with E-state index in [1.54, 1.807) is 12.1 Å². The molecule has 0 fully saturated rings. The molecule has 196 valence electrons. The Morgan fingerprint density at radius 2 is 1.84 bits per heavy atom. The average molecular weight is 525 g/mol. The number of aromatic nitrogens is 3. The fraction of sp³-hybridized carbons (Fsp3) is 0.261. The summed E-state index contributed by atoms with van der Waals surface area (Å²) in [5, 5.41) is 11.2. The van der Waals surface area contributed by atoms with Crippen molar-refractivity contribution in [3.05, 3.63) is 69.8 Å². The first-order chi connectivity index (χ1) is 17.4. The van der Waals surface area contributed by atoms with Crippen molar-refractivity contribution in [2.24, 2.45) is 5.73 Å².